The van der Waals surface area contributed by atoms with Crippen molar-refractivity contribution in [3.8, 4) is 5.69 Å². The molecule has 6 nitrogen and oxygen atoms in total. The third-order valence-corrected chi connectivity index (χ3v) is 3.05. The molecule has 1 heterocycles. The number of benzene rings is 2. The van der Waals surface area contributed by atoms with E-state index in [1.165, 1.54) is 29.2 Å². The standard InChI is InChI=1S/C16H12FN5O/c17-13-4-1-12(2-5-13)3-10-16(23)19-14-6-8-15(9-7-14)22-11-18-20-21-22/h1-11H,(H,19,23)/b10-3+. The summed E-state index contributed by atoms with van der Waals surface area (Å²) in [6.45, 7) is 0. The average Bonchev–Trinajstić information content (AvgIpc) is 3.09. The predicted octanol–water partition coefficient (Wildman–Crippen LogP) is 2.45. The van der Waals surface area contributed by atoms with Gasteiger partial charge in [0.25, 0.3) is 0 Å². The molecule has 0 saturated carbocycles. The Bertz CT molecular complexity index is 811. The van der Waals surface area contributed by atoms with E-state index in [0.29, 0.717) is 5.69 Å². The Morgan fingerprint density at radius 3 is 2.48 bits per heavy atom. The van der Waals surface area contributed by atoms with Crippen LogP contribution in [0.5, 0.6) is 0 Å². The van der Waals surface area contributed by atoms with Crippen molar-refractivity contribution in [2.45, 2.75) is 0 Å². The monoisotopic (exact) mass is 309 g/mol. The van der Waals surface area contributed by atoms with Crippen LogP contribution in [-0.4, -0.2) is 26.1 Å². The van der Waals surface area contributed by atoms with E-state index in [1.54, 1.807) is 42.5 Å². The maximum atomic E-state index is 12.8. The van der Waals surface area contributed by atoms with Gasteiger partial charge in [0.1, 0.15) is 12.1 Å². The first kappa shape index (κ1) is 14.6. The second-order valence-electron chi connectivity index (χ2n) is 4.68. The van der Waals surface area contributed by atoms with Gasteiger partial charge in [-0.25, -0.2) is 9.07 Å². The van der Waals surface area contributed by atoms with Crippen LogP contribution in [0.3, 0.4) is 0 Å². The molecule has 0 spiro atoms. The van der Waals surface area contributed by atoms with Crippen molar-refractivity contribution in [3.05, 3.63) is 72.3 Å². The van der Waals surface area contributed by atoms with Gasteiger partial charge in [-0.1, -0.05) is 12.1 Å². The molecule has 1 aromatic heterocycles. The molecule has 0 aliphatic heterocycles. The van der Waals surface area contributed by atoms with Crippen LogP contribution in [0, 0.1) is 5.82 Å². The number of tetrazole rings is 1. The Balaban J connectivity index is 1.62. The number of halogens is 1. The van der Waals surface area contributed by atoms with Crippen LogP contribution in [0.15, 0.2) is 60.9 Å². The highest BCUT2D eigenvalue weighted by atomic mass is 19.1. The Hall–Kier alpha value is -3.35. The Labute approximate surface area is 131 Å². The summed E-state index contributed by atoms with van der Waals surface area (Å²) in [7, 11) is 0. The molecule has 2 aromatic carbocycles. The Morgan fingerprint density at radius 1 is 1.09 bits per heavy atom. The minimum absolute atomic E-state index is 0.274. The van der Waals surface area contributed by atoms with Crippen molar-refractivity contribution in [2.75, 3.05) is 5.32 Å². The lowest BCUT2D eigenvalue weighted by atomic mass is 10.2. The molecule has 1 N–H and O–H groups in total. The topological polar surface area (TPSA) is 72.7 Å². The quantitative estimate of drug-likeness (QED) is 0.751. The van der Waals surface area contributed by atoms with Gasteiger partial charge < -0.3 is 5.32 Å². The van der Waals surface area contributed by atoms with Crippen LogP contribution in [0.1, 0.15) is 5.56 Å². The van der Waals surface area contributed by atoms with Crippen molar-refractivity contribution >= 4 is 17.7 Å². The Kier molecular flexibility index (Phi) is 4.19. The average molecular weight is 309 g/mol. The molecule has 23 heavy (non-hydrogen) atoms. The highest BCUT2D eigenvalue weighted by Crippen LogP contribution is 2.12. The molecule has 3 rings (SSSR count). The fourth-order valence-electron chi connectivity index (χ4n) is 1.91. The summed E-state index contributed by atoms with van der Waals surface area (Å²) in [5.74, 6) is -0.584. The number of nitrogens with zero attached hydrogens (tertiary/aromatic N) is 4. The molecule has 0 aliphatic carbocycles. The summed E-state index contributed by atoms with van der Waals surface area (Å²) in [6.07, 6.45) is 4.49. The van der Waals surface area contributed by atoms with E-state index in [9.17, 15) is 9.18 Å². The van der Waals surface area contributed by atoms with Crippen molar-refractivity contribution in [1.82, 2.24) is 20.2 Å². The number of aromatic nitrogens is 4. The number of anilines is 1. The van der Waals surface area contributed by atoms with Crippen LogP contribution in [0.25, 0.3) is 11.8 Å². The van der Waals surface area contributed by atoms with Crippen LogP contribution in [0.2, 0.25) is 0 Å². The van der Waals surface area contributed by atoms with E-state index < -0.39 is 0 Å². The number of carbonyl (C=O) groups is 1. The van der Waals surface area contributed by atoms with Crippen LogP contribution >= 0.6 is 0 Å². The highest BCUT2D eigenvalue weighted by Gasteiger charge is 2.01. The molecule has 7 heteroatoms. The molecule has 114 valence electrons. The first-order valence-corrected chi connectivity index (χ1v) is 6.79. The smallest absolute Gasteiger partial charge is 0.248 e. The number of carbonyl (C=O) groups excluding carboxylic acids is 1. The number of amides is 1. The minimum Gasteiger partial charge on any atom is -0.323 e. The SMILES string of the molecule is O=C(/C=C/c1ccc(F)cc1)Nc1ccc(-n2cnnn2)cc1. The zero-order valence-electron chi connectivity index (χ0n) is 11.9. The molecule has 3 aromatic rings. The summed E-state index contributed by atoms with van der Waals surface area (Å²) < 4.78 is 14.3. The van der Waals surface area contributed by atoms with Gasteiger partial charge in [0.05, 0.1) is 5.69 Å². The molecule has 0 bridgehead atoms. The summed E-state index contributed by atoms with van der Waals surface area (Å²) in [6, 6.07) is 13.0. The second-order valence-corrected chi connectivity index (χ2v) is 4.68. The maximum absolute atomic E-state index is 12.8. The van der Waals surface area contributed by atoms with Crippen molar-refractivity contribution < 1.29 is 9.18 Å². The molecule has 0 radical (unpaired) electrons. The molecule has 1 amide bonds. The molecule has 0 unspecified atom stereocenters. The van der Waals surface area contributed by atoms with Gasteiger partial charge in [0.2, 0.25) is 5.91 Å². The van der Waals surface area contributed by atoms with E-state index in [1.807, 2.05) is 0 Å². The van der Waals surface area contributed by atoms with Gasteiger partial charge in [-0.2, -0.15) is 0 Å². The fourth-order valence-corrected chi connectivity index (χ4v) is 1.91. The highest BCUT2D eigenvalue weighted by molar-refractivity contribution is 6.01. The maximum Gasteiger partial charge on any atom is 0.248 e. The molecular weight excluding hydrogens is 297 g/mol. The molecule has 0 saturated heterocycles. The zero-order chi connectivity index (χ0) is 16.1. The van der Waals surface area contributed by atoms with E-state index in [-0.39, 0.29) is 11.7 Å². The van der Waals surface area contributed by atoms with Crippen LogP contribution in [0.4, 0.5) is 10.1 Å². The first-order valence-electron chi connectivity index (χ1n) is 6.79. The van der Waals surface area contributed by atoms with Gasteiger partial charge in [0.15, 0.2) is 0 Å². The lowest BCUT2D eigenvalue weighted by Crippen LogP contribution is -2.07. The lowest BCUT2D eigenvalue weighted by molar-refractivity contribution is -0.111. The summed E-state index contributed by atoms with van der Waals surface area (Å²) >= 11 is 0. The van der Waals surface area contributed by atoms with Gasteiger partial charge in [-0.05, 0) is 58.5 Å². The van der Waals surface area contributed by atoms with E-state index in [2.05, 4.69) is 20.8 Å². The molecule has 0 fully saturated rings. The van der Waals surface area contributed by atoms with Gasteiger partial charge in [-0.15, -0.1) is 5.10 Å². The Morgan fingerprint density at radius 2 is 1.83 bits per heavy atom. The molecular formula is C16H12FN5O. The van der Waals surface area contributed by atoms with Gasteiger partial charge in [-0.3, -0.25) is 4.79 Å². The zero-order valence-corrected chi connectivity index (χ0v) is 11.9. The minimum atomic E-state index is -0.311. The largest absolute Gasteiger partial charge is 0.323 e. The number of hydrogen-bond donors (Lipinski definition) is 1. The molecule has 0 atom stereocenters. The van der Waals surface area contributed by atoms with E-state index >= 15 is 0 Å². The molecule has 0 aliphatic rings. The summed E-state index contributed by atoms with van der Waals surface area (Å²) in [5.41, 5.74) is 2.18. The number of nitrogens with one attached hydrogen (secondary N) is 1. The van der Waals surface area contributed by atoms with Crippen LogP contribution in [-0.2, 0) is 4.79 Å². The second kappa shape index (κ2) is 6.61. The number of rotatable bonds is 4. The first-order chi connectivity index (χ1) is 11.2. The summed E-state index contributed by atoms with van der Waals surface area (Å²) in [5, 5.41) is 13.6. The van der Waals surface area contributed by atoms with Crippen molar-refractivity contribution in [2.24, 2.45) is 0 Å². The van der Waals surface area contributed by atoms with E-state index in [0.717, 1.165) is 11.3 Å². The normalized spacial score (nSPS) is 10.8. The number of hydrogen-bond acceptors (Lipinski definition) is 4. The van der Waals surface area contributed by atoms with Crippen LogP contribution < -0.4 is 5.32 Å². The summed E-state index contributed by atoms with van der Waals surface area (Å²) in [4.78, 5) is 11.9. The predicted molar refractivity (Wildman–Crippen MR) is 83.2 cm³/mol. The van der Waals surface area contributed by atoms with Crippen molar-refractivity contribution in [3.63, 3.8) is 0 Å². The van der Waals surface area contributed by atoms with Gasteiger partial charge >= 0.3 is 0 Å². The fraction of sp³-hybridized carbons (Fsp3) is 0. The van der Waals surface area contributed by atoms with E-state index in [4.69, 9.17) is 0 Å². The third kappa shape index (κ3) is 3.85. The van der Waals surface area contributed by atoms with Crippen molar-refractivity contribution in [1.29, 1.82) is 0 Å². The lowest BCUT2D eigenvalue weighted by Gasteiger charge is -2.04. The van der Waals surface area contributed by atoms with Gasteiger partial charge in [0, 0.05) is 11.8 Å². The third-order valence-electron chi connectivity index (χ3n) is 3.05.